The molecule has 21 heavy (non-hydrogen) atoms. The molecule has 6 nitrogen and oxygen atoms in total. The van der Waals surface area contributed by atoms with Gasteiger partial charge in [0.25, 0.3) is 0 Å². The summed E-state index contributed by atoms with van der Waals surface area (Å²) in [5, 5.41) is 0. The minimum atomic E-state index is -0.522. The smallest absolute Gasteiger partial charge is 0.322 e. The summed E-state index contributed by atoms with van der Waals surface area (Å²) in [7, 11) is 0. The second kappa shape index (κ2) is 15.7. The van der Waals surface area contributed by atoms with Gasteiger partial charge in [-0.3, -0.25) is 4.79 Å². The lowest BCUT2D eigenvalue weighted by Crippen LogP contribution is -2.32. The van der Waals surface area contributed by atoms with Crippen molar-refractivity contribution in [2.24, 2.45) is 5.73 Å². The van der Waals surface area contributed by atoms with Crippen LogP contribution in [-0.4, -0.2) is 58.3 Å². The third kappa shape index (κ3) is 14.0. The van der Waals surface area contributed by atoms with Crippen LogP contribution in [0.5, 0.6) is 0 Å². The molecular weight excluding hydrogens is 274 g/mol. The molecule has 0 aromatic rings. The van der Waals surface area contributed by atoms with Crippen molar-refractivity contribution >= 4 is 5.97 Å². The van der Waals surface area contributed by atoms with Gasteiger partial charge >= 0.3 is 5.97 Å². The number of nitrogens with two attached hydrogens (primary N) is 1. The Hall–Kier alpha value is -0.690. The highest BCUT2D eigenvalue weighted by atomic mass is 16.6. The molecule has 0 aromatic heterocycles. The monoisotopic (exact) mass is 305 g/mol. The van der Waals surface area contributed by atoms with Gasteiger partial charge in [0, 0.05) is 6.61 Å². The number of ether oxygens (including phenoxy) is 4. The first-order valence-electron chi connectivity index (χ1n) is 7.87. The van der Waals surface area contributed by atoms with Crippen molar-refractivity contribution in [2.75, 3.05) is 46.2 Å². The standard InChI is InChI=1S/C15H31NO5/c1-3-5-7-18-8-9-19-10-11-20-12-13-21-15(17)14(16)6-4-2/h14H,3-13,16H2,1-2H3/t14-/m1/s1. The number of rotatable bonds is 15. The quantitative estimate of drug-likeness (QED) is 0.365. The van der Waals surface area contributed by atoms with Gasteiger partial charge in [0.2, 0.25) is 0 Å². The Labute approximate surface area is 128 Å². The molecule has 0 saturated carbocycles. The van der Waals surface area contributed by atoms with E-state index in [0.717, 1.165) is 25.9 Å². The van der Waals surface area contributed by atoms with Crippen molar-refractivity contribution in [3.05, 3.63) is 0 Å². The summed E-state index contributed by atoms with van der Waals surface area (Å²) in [6.07, 6.45) is 3.74. The van der Waals surface area contributed by atoms with Gasteiger partial charge in [0.1, 0.15) is 12.6 Å². The van der Waals surface area contributed by atoms with Gasteiger partial charge < -0.3 is 24.7 Å². The maximum absolute atomic E-state index is 11.4. The van der Waals surface area contributed by atoms with E-state index in [9.17, 15) is 4.79 Å². The van der Waals surface area contributed by atoms with Gasteiger partial charge in [-0.25, -0.2) is 0 Å². The van der Waals surface area contributed by atoms with E-state index in [-0.39, 0.29) is 12.6 Å². The molecule has 0 radical (unpaired) electrons. The van der Waals surface area contributed by atoms with Gasteiger partial charge in [-0.05, 0) is 12.8 Å². The molecule has 0 unspecified atom stereocenters. The van der Waals surface area contributed by atoms with Crippen molar-refractivity contribution in [2.45, 2.75) is 45.6 Å². The first kappa shape index (κ1) is 20.3. The van der Waals surface area contributed by atoms with Crippen LogP contribution in [-0.2, 0) is 23.7 Å². The summed E-state index contributed by atoms with van der Waals surface area (Å²) in [5.74, 6) is -0.360. The van der Waals surface area contributed by atoms with E-state index in [2.05, 4.69) is 6.92 Å². The van der Waals surface area contributed by atoms with Crippen molar-refractivity contribution in [3.8, 4) is 0 Å². The molecular formula is C15H31NO5. The van der Waals surface area contributed by atoms with Gasteiger partial charge in [0.05, 0.1) is 33.0 Å². The molecule has 0 bridgehead atoms. The van der Waals surface area contributed by atoms with Crippen molar-refractivity contribution in [1.29, 1.82) is 0 Å². The van der Waals surface area contributed by atoms with Crippen LogP contribution in [0.25, 0.3) is 0 Å². The van der Waals surface area contributed by atoms with Gasteiger partial charge in [-0.1, -0.05) is 26.7 Å². The van der Waals surface area contributed by atoms with Crippen LogP contribution in [0.3, 0.4) is 0 Å². The second-order valence-electron chi connectivity index (χ2n) is 4.75. The molecule has 0 aromatic carbocycles. The Bertz CT molecular complexity index is 238. The van der Waals surface area contributed by atoms with E-state index < -0.39 is 6.04 Å². The summed E-state index contributed by atoms with van der Waals surface area (Å²) >= 11 is 0. The van der Waals surface area contributed by atoms with Crippen molar-refractivity contribution in [3.63, 3.8) is 0 Å². The normalized spacial score (nSPS) is 12.3. The Morgan fingerprint density at radius 3 is 1.90 bits per heavy atom. The highest BCUT2D eigenvalue weighted by molar-refractivity contribution is 5.75. The Balaban J connectivity index is 3.17. The van der Waals surface area contributed by atoms with Crippen LogP contribution in [0, 0.1) is 0 Å². The lowest BCUT2D eigenvalue weighted by molar-refractivity contribution is -0.147. The molecule has 0 amide bonds. The average Bonchev–Trinajstić information content (AvgIpc) is 2.48. The predicted octanol–water partition coefficient (Wildman–Crippen LogP) is 1.51. The van der Waals surface area contributed by atoms with Gasteiger partial charge in [-0.15, -0.1) is 0 Å². The van der Waals surface area contributed by atoms with E-state index in [1.54, 1.807) is 0 Å². The molecule has 126 valence electrons. The minimum Gasteiger partial charge on any atom is -0.462 e. The predicted molar refractivity (Wildman–Crippen MR) is 81.2 cm³/mol. The van der Waals surface area contributed by atoms with E-state index in [1.807, 2.05) is 6.92 Å². The van der Waals surface area contributed by atoms with Crippen molar-refractivity contribution in [1.82, 2.24) is 0 Å². The maximum Gasteiger partial charge on any atom is 0.322 e. The van der Waals surface area contributed by atoms with E-state index in [0.29, 0.717) is 39.5 Å². The largest absolute Gasteiger partial charge is 0.462 e. The lowest BCUT2D eigenvalue weighted by atomic mass is 10.2. The molecule has 0 spiro atoms. The molecule has 0 aliphatic heterocycles. The molecule has 6 heteroatoms. The zero-order valence-corrected chi connectivity index (χ0v) is 13.5. The highest BCUT2D eigenvalue weighted by Gasteiger charge is 2.12. The summed E-state index contributed by atoms with van der Waals surface area (Å²) in [6.45, 7) is 7.69. The third-order valence-electron chi connectivity index (χ3n) is 2.76. The van der Waals surface area contributed by atoms with Gasteiger partial charge in [-0.2, -0.15) is 0 Å². The molecule has 0 fully saturated rings. The zero-order valence-electron chi connectivity index (χ0n) is 13.5. The Morgan fingerprint density at radius 2 is 1.38 bits per heavy atom. The van der Waals surface area contributed by atoms with Crippen LogP contribution in [0.15, 0.2) is 0 Å². The molecule has 0 saturated heterocycles. The average molecular weight is 305 g/mol. The topological polar surface area (TPSA) is 80.0 Å². The number of carbonyl (C=O) groups is 1. The summed E-state index contributed by atoms with van der Waals surface area (Å²) in [5.41, 5.74) is 5.62. The third-order valence-corrected chi connectivity index (χ3v) is 2.76. The van der Waals surface area contributed by atoms with Crippen LogP contribution in [0.2, 0.25) is 0 Å². The van der Waals surface area contributed by atoms with Crippen LogP contribution >= 0.6 is 0 Å². The Kier molecular flexibility index (Phi) is 15.2. The molecule has 0 aliphatic rings. The minimum absolute atomic E-state index is 0.233. The molecule has 0 heterocycles. The fourth-order valence-corrected chi connectivity index (χ4v) is 1.53. The fraction of sp³-hybridized carbons (Fsp3) is 0.933. The SMILES string of the molecule is CCCCOCCOCCOCCOC(=O)[C@H](N)CCC. The number of unbranched alkanes of at least 4 members (excludes halogenated alkanes) is 1. The van der Waals surface area contributed by atoms with Crippen LogP contribution in [0.1, 0.15) is 39.5 Å². The number of esters is 1. The first-order valence-corrected chi connectivity index (χ1v) is 7.87. The van der Waals surface area contributed by atoms with E-state index >= 15 is 0 Å². The fourth-order valence-electron chi connectivity index (χ4n) is 1.53. The highest BCUT2D eigenvalue weighted by Crippen LogP contribution is 1.96. The Morgan fingerprint density at radius 1 is 0.857 bits per heavy atom. The molecule has 2 N–H and O–H groups in total. The van der Waals surface area contributed by atoms with Crippen molar-refractivity contribution < 1.29 is 23.7 Å². The number of hydrogen-bond donors (Lipinski definition) is 1. The second-order valence-corrected chi connectivity index (χ2v) is 4.75. The number of carbonyl (C=O) groups excluding carboxylic acids is 1. The van der Waals surface area contributed by atoms with E-state index in [4.69, 9.17) is 24.7 Å². The molecule has 0 rings (SSSR count). The lowest BCUT2D eigenvalue weighted by Gasteiger charge is -2.10. The molecule has 1 atom stereocenters. The maximum atomic E-state index is 11.4. The summed E-state index contributed by atoms with van der Waals surface area (Å²) in [4.78, 5) is 11.4. The molecule has 0 aliphatic carbocycles. The van der Waals surface area contributed by atoms with E-state index in [1.165, 1.54) is 0 Å². The van der Waals surface area contributed by atoms with Crippen LogP contribution in [0.4, 0.5) is 0 Å². The van der Waals surface area contributed by atoms with Gasteiger partial charge in [0.15, 0.2) is 0 Å². The first-order chi connectivity index (χ1) is 10.2. The summed E-state index contributed by atoms with van der Waals surface area (Å²) in [6, 6.07) is -0.522. The summed E-state index contributed by atoms with van der Waals surface area (Å²) < 4.78 is 21.0. The van der Waals surface area contributed by atoms with Crippen LogP contribution < -0.4 is 5.73 Å². The number of hydrogen-bond acceptors (Lipinski definition) is 6. The zero-order chi connectivity index (χ0) is 15.8.